The number of amides is 1. The molecule has 0 bridgehead atoms. The molecule has 0 aliphatic rings. The van der Waals surface area contributed by atoms with Gasteiger partial charge in [0.05, 0.1) is 0 Å². The molecule has 0 radical (unpaired) electrons. The molecule has 1 atom stereocenters. The Bertz CT molecular complexity index is 1060. The zero-order valence-corrected chi connectivity index (χ0v) is 17.8. The Morgan fingerprint density at radius 3 is 2.40 bits per heavy atom. The van der Waals surface area contributed by atoms with Crippen molar-refractivity contribution in [3.8, 4) is 5.75 Å². The van der Waals surface area contributed by atoms with Gasteiger partial charge in [0, 0.05) is 5.69 Å². The first kappa shape index (κ1) is 21.4. The molecule has 0 aliphatic heterocycles. The normalized spacial score (nSPS) is 11.9. The van der Waals surface area contributed by atoms with E-state index in [0.717, 1.165) is 27.6 Å². The molecule has 0 heterocycles. The van der Waals surface area contributed by atoms with Crippen LogP contribution in [0.15, 0.2) is 60.7 Å². The highest BCUT2D eigenvalue weighted by atomic mass is 16.6. The quantitative estimate of drug-likeness (QED) is 0.547. The maximum atomic E-state index is 12.6. The molecule has 0 saturated carbocycles. The van der Waals surface area contributed by atoms with E-state index in [0.29, 0.717) is 5.75 Å². The average molecular weight is 405 g/mol. The summed E-state index contributed by atoms with van der Waals surface area (Å²) in [5.74, 6) is -0.136. The molecule has 0 spiro atoms. The minimum absolute atomic E-state index is 0.258. The van der Waals surface area contributed by atoms with Gasteiger partial charge in [-0.1, -0.05) is 62.4 Å². The van der Waals surface area contributed by atoms with E-state index in [1.54, 1.807) is 13.0 Å². The van der Waals surface area contributed by atoms with Crippen molar-refractivity contribution in [2.45, 2.75) is 39.7 Å². The molecule has 0 aromatic heterocycles. The number of anilines is 1. The van der Waals surface area contributed by atoms with Crippen molar-refractivity contribution in [2.75, 3.05) is 11.9 Å². The third kappa shape index (κ3) is 5.17. The maximum Gasteiger partial charge on any atom is 0.344 e. The fourth-order valence-corrected chi connectivity index (χ4v) is 3.25. The third-order valence-corrected chi connectivity index (χ3v) is 4.93. The minimum atomic E-state index is -0.933. The van der Waals surface area contributed by atoms with Crippen LogP contribution in [-0.4, -0.2) is 24.6 Å². The van der Waals surface area contributed by atoms with Gasteiger partial charge in [0.25, 0.3) is 5.91 Å². The Morgan fingerprint density at radius 2 is 1.67 bits per heavy atom. The number of esters is 1. The predicted octanol–water partition coefficient (Wildman–Crippen LogP) is 5.22. The Balaban J connectivity index is 1.56. The number of carbonyl (C=O) groups excluding carboxylic acids is 2. The number of para-hydroxylation sites is 1. The number of hydrogen-bond acceptors (Lipinski definition) is 4. The Kier molecular flexibility index (Phi) is 6.72. The number of aryl methyl sites for hydroxylation is 1. The second-order valence-corrected chi connectivity index (χ2v) is 7.61. The van der Waals surface area contributed by atoms with Gasteiger partial charge in [-0.3, -0.25) is 4.79 Å². The number of hydrogen-bond donors (Lipinski definition) is 1. The average Bonchev–Trinajstić information content (AvgIpc) is 2.73. The van der Waals surface area contributed by atoms with E-state index in [4.69, 9.17) is 9.47 Å². The monoisotopic (exact) mass is 405 g/mol. The molecule has 3 aromatic rings. The first-order valence-electron chi connectivity index (χ1n) is 10.1. The van der Waals surface area contributed by atoms with Crippen molar-refractivity contribution in [1.29, 1.82) is 0 Å². The zero-order chi connectivity index (χ0) is 21.7. The second kappa shape index (κ2) is 9.44. The zero-order valence-electron chi connectivity index (χ0n) is 17.8. The summed E-state index contributed by atoms with van der Waals surface area (Å²) in [6.45, 7) is 7.36. The highest BCUT2D eigenvalue weighted by molar-refractivity contribution is 5.96. The molecule has 1 N–H and O–H groups in total. The lowest BCUT2D eigenvalue weighted by Crippen LogP contribution is -2.32. The molecule has 0 unspecified atom stereocenters. The van der Waals surface area contributed by atoms with Crippen LogP contribution in [0.3, 0.4) is 0 Å². The molecule has 5 nitrogen and oxygen atoms in total. The van der Waals surface area contributed by atoms with Crippen LogP contribution in [0.2, 0.25) is 0 Å². The van der Waals surface area contributed by atoms with E-state index in [2.05, 4.69) is 19.2 Å². The molecular formula is C25H27NO4. The molecule has 0 saturated heterocycles. The van der Waals surface area contributed by atoms with Crippen LogP contribution in [0.25, 0.3) is 10.8 Å². The maximum absolute atomic E-state index is 12.6. The number of rotatable bonds is 7. The number of nitrogens with one attached hydrogen (secondary N) is 1. The summed E-state index contributed by atoms with van der Waals surface area (Å²) >= 11 is 0. The summed E-state index contributed by atoms with van der Waals surface area (Å²) < 4.78 is 10.8. The molecule has 3 rings (SSSR count). The van der Waals surface area contributed by atoms with Crippen molar-refractivity contribution >= 4 is 28.3 Å². The molecule has 1 amide bonds. The SMILES string of the molecule is Cc1cccc(C(C)C)c1NC(=O)[C@H](C)OC(=O)COc1ccc2ccccc2c1. The van der Waals surface area contributed by atoms with Gasteiger partial charge < -0.3 is 14.8 Å². The lowest BCUT2D eigenvalue weighted by molar-refractivity contribution is -0.155. The summed E-state index contributed by atoms with van der Waals surface area (Å²) in [4.78, 5) is 24.7. The van der Waals surface area contributed by atoms with Gasteiger partial charge in [-0.05, 0) is 53.8 Å². The van der Waals surface area contributed by atoms with Crippen molar-refractivity contribution in [3.05, 3.63) is 71.8 Å². The summed E-state index contributed by atoms with van der Waals surface area (Å²) in [5, 5.41) is 5.02. The van der Waals surface area contributed by atoms with E-state index >= 15 is 0 Å². The molecular weight excluding hydrogens is 378 g/mol. The van der Waals surface area contributed by atoms with Crippen LogP contribution in [0.5, 0.6) is 5.75 Å². The van der Waals surface area contributed by atoms with E-state index < -0.39 is 12.1 Å². The molecule has 0 aliphatic carbocycles. The minimum Gasteiger partial charge on any atom is -0.482 e. The van der Waals surface area contributed by atoms with Crippen molar-refractivity contribution in [2.24, 2.45) is 0 Å². The number of ether oxygens (including phenoxy) is 2. The largest absolute Gasteiger partial charge is 0.482 e. The summed E-state index contributed by atoms with van der Waals surface area (Å²) in [6.07, 6.45) is -0.933. The number of benzene rings is 3. The standard InChI is InChI=1S/C25H27NO4/c1-16(2)22-11-7-8-17(3)24(22)26-25(28)18(4)30-23(27)15-29-21-13-12-19-9-5-6-10-20(19)14-21/h5-14,16,18H,15H2,1-4H3,(H,26,28)/t18-/m0/s1. The fraction of sp³-hybridized carbons (Fsp3) is 0.280. The topological polar surface area (TPSA) is 64.6 Å². The van der Waals surface area contributed by atoms with Crippen LogP contribution < -0.4 is 10.1 Å². The van der Waals surface area contributed by atoms with Crippen molar-refractivity contribution in [3.63, 3.8) is 0 Å². The van der Waals surface area contributed by atoms with Crippen LogP contribution in [0, 0.1) is 6.92 Å². The Morgan fingerprint density at radius 1 is 0.933 bits per heavy atom. The molecule has 30 heavy (non-hydrogen) atoms. The van der Waals surface area contributed by atoms with Crippen LogP contribution in [0.1, 0.15) is 37.8 Å². The van der Waals surface area contributed by atoms with E-state index in [1.807, 2.05) is 61.5 Å². The number of fused-ring (bicyclic) bond motifs is 1. The smallest absolute Gasteiger partial charge is 0.344 e. The lowest BCUT2D eigenvalue weighted by atomic mass is 9.98. The fourth-order valence-electron chi connectivity index (χ4n) is 3.25. The predicted molar refractivity (Wildman–Crippen MR) is 119 cm³/mol. The van der Waals surface area contributed by atoms with E-state index in [9.17, 15) is 9.59 Å². The highest BCUT2D eigenvalue weighted by Crippen LogP contribution is 2.27. The molecule has 156 valence electrons. The van der Waals surface area contributed by atoms with Crippen LogP contribution >= 0.6 is 0 Å². The van der Waals surface area contributed by atoms with Gasteiger partial charge >= 0.3 is 5.97 Å². The lowest BCUT2D eigenvalue weighted by Gasteiger charge is -2.19. The first-order chi connectivity index (χ1) is 14.3. The highest BCUT2D eigenvalue weighted by Gasteiger charge is 2.20. The summed E-state index contributed by atoms with van der Waals surface area (Å²) in [6, 6.07) is 19.4. The summed E-state index contributed by atoms with van der Waals surface area (Å²) in [7, 11) is 0. The van der Waals surface area contributed by atoms with Gasteiger partial charge in [-0.25, -0.2) is 4.79 Å². The van der Waals surface area contributed by atoms with Crippen LogP contribution in [0.4, 0.5) is 5.69 Å². The van der Waals surface area contributed by atoms with Gasteiger partial charge in [-0.2, -0.15) is 0 Å². The Hall–Kier alpha value is -3.34. The van der Waals surface area contributed by atoms with Gasteiger partial charge in [-0.15, -0.1) is 0 Å². The first-order valence-corrected chi connectivity index (χ1v) is 10.1. The van der Waals surface area contributed by atoms with E-state index in [-0.39, 0.29) is 18.4 Å². The second-order valence-electron chi connectivity index (χ2n) is 7.61. The number of carbonyl (C=O) groups is 2. The van der Waals surface area contributed by atoms with Crippen LogP contribution in [-0.2, 0) is 14.3 Å². The molecule has 3 aromatic carbocycles. The van der Waals surface area contributed by atoms with Gasteiger partial charge in [0.2, 0.25) is 0 Å². The van der Waals surface area contributed by atoms with Crippen molar-refractivity contribution in [1.82, 2.24) is 0 Å². The molecule has 5 heteroatoms. The van der Waals surface area contributed by atoms with Crippen molar-refractivity contribution < 1.29 is 19.1 Å². The van der Waals surface area contributed by atoms with E-state index in [1.165, 1.54) is 0 Å². The third-order valence-electron chi connectivity index (χ3n) is 4.93. The van der Waals surface area contributed by atoms with Gasteiger partial charge in [0.1, 0.15) is 5.75 Å². The Labute approximate surface area is 177 Å². The molecule has 0 fully saturated rings. The summed E-state index contributed by atoms with van der Waals surface area (Å²) in [5.41, 5.74) is 2.78. The van der Waals surface area contributed by atoms with Gasteiger partial charge in [0.15, 0.2) is 12.7 Å².